The van der Waals surface area contributed by atoms with Crippen molar-refractivity contribution in [2.24, 2.45) is 11.8 Å². The number of nitrogens with one attached hydrogen (secondary N) is 1. The highest BCUT2D eigenvalue weighted by molar-refractivity contribution is 6.05. The van der Waals surface area contributed by atoms with E-state index in [1.54, 1.807) is 0 Å². The van der Waals surface area contributed by atoms with Gasteiger partial charge in [0.2, 0.25) is 17.7 Å². The third-order valence-electron chi connectivity index (χ3n) is 6.52. The minimum absolute atomic E-state index is 0.0784. The van der Waals surface area contributed by atoms with E-state index >= 15 is 0 Å². The van der Waals surface area contributed by atoms with Crippen LogP contribution in [0, 0.1) is 11.8 Å². The number of hydrogen-bond donors (Lipinski definition) is 1. The standard InChI is InChI=1S/C22H30N4O3/c1-24-12-14-25(15-13-24)19-9-5-4-8-18(19)23-20(27)10-11-26-21(28)16-6-2-3-7-17(16)22(26)29/h4-5,8-9,16-17H,2-3,6-7,10-15H2,1H3,(H,23,27). The molecule has 3 amide bonds. The van der Waals surface area contributed by atoms with Crippen molar-refractivity contribution in [3.63, 3.8) is 0 Å². The van der Waals surface area contributed by atoms with Crippen molar-refractivity contribution in [1.29, 1.82) is 0 Å². The fraction of sp³-hybridized carbons (Fsp3) is 0.591. The molecule has 0 spiro atoms. The molecular formula is C22H30N4O3. The zero-order valence-electron chi connectivity index (χ0n) is 17.1. The Kier molecular flexibility index (Phi) is 5.85. The van der Waals surface area contributed by atoms with E-state index in [9.17, 15) is 14.4 Å². The predicted molar refractivity (Wildman–Crippen MR) is 112 cm³/mol. The first kappa shape index (κ1) is 19.9. The number of carbonyl (C=O) groups is 3. The molecule has 29 heavy (non-hydrogen) atoms. The van der Waals surface area contributed by atoms with Crippen molar-refractivity contribution in [2.75, 3.05) is 50.0 Å². The second-order valence-corrected chi connectivity index (χ2v) is 8.43. The molecule has 7 heteroatoms. The summed E-state index contributed by atoms with van der Waals surface area (Å²) in [4.78, 5) is 43.6. The van der Waals surface area contributed by atoms with Crippen LogP contribution in [-0.2, 0) is 14.4 Å². The van der Waals surface area contributed by atoms with Crippen molar-refractivity contribution < 1.29 is 14.4 Å². The number of fused-ring (bicyclic) bond motifs is 1. The van der Waals surface area contributed by atoms with E-state index < -0.39 is 0 Å². The average Bonchev–Trinajstić information content (AvgIpc) is 2.98. The molecule has 7 nitrogen and oxygen atoms in total. The zero-order valence-corrected chi connectivity index (χ0v) is 17.1. The van der Waals surface area contributed by atoms with Gasteiger partial charge >= 0.3 is 0 Å². The average molecular weight is 399 g/mol. The number of hydrogen-bond acceptors (Lipinski definition) is 5. The quantitative estimate of drug-likeness (QED) is 0.768. The number of likely N-dealkylation sites (N-methyl/N-ethyl adjacent to an activating group) is 1. The van der Waals surface area contributed by atoms with Gasteiger partial charge in [0.15, 0.2) is 0 Å². The number of amides is 3. The van der Waals surface area contributed by atoms with Gasteiger partial charge in [0, 0.05) is 39.1 Å². The minimum atomic E-state index is -0.165. The summed E-state index contributed by atoms with van der Waals surface area (Å²) in [7, 11) is 2.11. The largest absolute Gasteiger partial charge is 0.367 e. The third kappa shape index (κ3) is 4.15. The maximum atomic E-state index is 12.6. The van der Waals surface area contributed by atoms with Crippen LogP contribution >= 0.6 is 0 Å². The van der Waals surface area contributed by atoms with Crippen LogP contribution in [0.25, 0.3) is 0 Å². The van der Waals surface area contributed by atoms with Crippen LogP contribution in [0.2, 0.25) is 0 Å². The van der Waals surface area contributed by atoms with Crippen LogP contribution in [0.15, 0.2) is 24.3 Å². The fourth-order valence-corrected chi connectivity index (χ4v) is 4.78. The van der Waals surface area contributed by atoms with Gasteiger partial charge in [0.05, 0.1) is 23.2 Å². The normalized spacial score (nSPS) is 25.3. The predicted octanol–water partition coefficient (Wildman–Crippen LogP) is 1.94. The number of rotatable bonds is 5. The highest BCUT2D eigenvalue weighted by Gasteiger charge is 2.47. The summed E-state index contributed by atoms with van der Waals surface area (Å²) in [6.45, 7) is 3.99. The molecule has 2 heterocycles. The molecule has 2 unspecified atom stereocenters. The Morgan fingerprint density at radius 1 is 1.00 bits per heavy atom. The Balaban J connectivity index is 1.36. The van der Waals surface area contributed by atoms with Crippen molar-refractivity contribution in [3.05, 3.63) is 24.3 Å². The summed E-state index contributed by atoms with van der Waals surface area (Å²) in [5.41, 5.74) is 1.81. The summed E-state index contributed by atoms with van der Waals surface area (Å²) in [6, 6.07) is 7.82. The van der Waals surface area contributed by atoms with Gasteiger partial charge in [-0.2, -0.15) is 0 Å². The SMILES string of the molecule is CN1CCN(c2ccccc2NC(=O)CCN2C(=O)C3CCCCC3C2=O)CC1. The van der Waals surface area contributed by atoms with Crippen molar-refractivity contribution in [2.45, 2.75) is 32.1 Å². The summed E-state index contributed by atoms with van der Waals surface area (Å²) < 4.78 is 0. The first-order valence-corrected chi connectivity index (χ1v) is 10.7. The van der Waals surface area contributed by atoms with Gasteiger partial charge in [-0.3, -0.25) is 19.3 Å². The molecule has 2 saturated heterocycles. The molecule has 0 aromatic heterocycles. The van der Waals surface area contributed by atoms with E-state index in [-0.39, 0.29) is 42.5 Å². The number of carbonyl (C=O) groups excluding carboxylic acids is 3. The highest BCUT2D eigenvalue weighted by atomic mass is 16.2. The topological polar surface area (TPSA) is 73.0 Å². The van der Waals surface area contributed by atoms with Gasteiger partial charge in [-0.25, -0.2) is 0 Å². The summed E-state index contributed by atoms with van der Waals surface area (Å²) in [5.74, 6) is -0.632. The Labute approximate surface area is 172 Å². The molecule has 1 aliphatic carbocycles. The van der Waals surface area contributed by atoms with E-state index in [2.05, 4.69) is 22.2 Å². The van der Waals surface area contributed by atoms with Crippen LogP contribution in [0.1, 0.15) is 32.1 Å². The maximum absolute atomic E-state index is 12.6. The Morgan fingerprint density at radius 2 is 1.62 bits per heavy atom. The molecule has 1 N–H and O–H groups in total. The lowest BCUT2D eigenvalue weighted by molar-refractivity contribution is -0.140. The molecular weight excluding hydrogens is 368 g/mol. The molecule has 3 fully saturated rings. The van der Waals surface area contributed by atoms with Crippen molar-refractivity contribution in [3.8, 4) is 0 Å². The van der Waals surface area contributed by atoms with E-state index in [4.69, 9.17) is 0 Å². The summed E-state index contributed by atoms with van der Waals surface area (Å²) >= 11 is 0. The first-order chi connectivity index (χ1) is 14.0. The van der Waals surface area contributed by atoms with E-state index in [0.29, 0.717) is 0 Å². The number of imide groups is 1. The van der Waals surface area contributed by atoms with Crippen LogP contribution in [-0.4, -0.2) is 67.3 Å². The highest BCUT2D eigenvalue weighted by Crippen LogP contribution is 2.38. The first-order valence-electron chi connectivity index (χ1n) is 10.7. The van der Waals surface area contributed by atoms with Gasteiger partial charge in [-0.15, -0.1) is 0 Å². The van der Waals surface area contributed by atoms with Crippen molar-refractivity contribution in [1.82, 2.24) is 9.80 Å². The molecule has 1 aromatic rings. The Hall–Kier alpha value is -2.41. The molecule has 156 valence electrons. The molecule has 0 bridgehead atoms. The Bertz CT molecular complexity index is 764. The smallest absolute Gasteiger partial charge is 0.233 e. The third-order valence-corrected chi connectivity index (χ3v) is 6.52. The summed E-state index contributed by atoms with van der Waals surface area (Å²) in [5, 5.41) is 2.99. The molecule has 1 saturated carbocycles. The van der Waals surface area contributed by atoms with Crippen LogP contribution in [0.3, 0.4) is 0 Å². The molecule has 1 aromatic carbocycles. The van der Waals surface area contributed by atoms with Crippen LogP contribution < -0.4 is 10.2 Å². The van der Waals surface area contributed by atoms with Crippen LogP contribution in [0.5, 0.6) is 0 Å². The maximum Gasteiger partial charge on any atom is 0.233 e. The number of anilines is 2. The van der Waals surface area contributed by atoms with Gasteiger partial charge in [0.25, 0.3) is 0 Å². The minimum Gasteiger partial charge on any atom is -0.367 e. The second-order valence-electron chi connectivity index (χ2n) is 8.43. The number of para-hydroxylation sites is 2. The number of likely N-dealkylation sites (tertiary alicyclic amines) is 1. The monoisotopic (exact) mass is 398 g/mol. The molecule has 4 rings (SSSR count). The molecule has 0 radical (unpaired) electrons. The molecule has 2 atom stereocenters. The Morgan fingerprint density at radius 3 is 2.28 bits per heavy atom. The van der Waals surface area contributed by atoms with Crippen molar-refractivity contribution >= 4 is 29.1 Å². The van der Waals surface area contributed by atoms with E-state index in [0.717, 1.165) is 63.2 Å². The lowest BCUT2D eigenvalue weighted by Crippen LogP contribution is -2.44. The number of piperazine rings is 1. The molecule has 3 aliphatic rings. The van der Waals surface area contributed by atoms with E-state index in [1.165, 1.54) is 4.90 Å². The van der Waals surface area contributed by atoms with Gasteiger partial charge < -0.3 is 15.1 Å². The zero-order chi connectivity index (χ0) is 20.4. The van der Waals surface area contributed by atoms with E-state index in [1.807, 2.05) is 24.3 Å². The van der Waals surface area contributed by atoms with Gasteiger partial charge in [-0.1, -0.05) is 25.0 Å². The van der Waals surface area contributed by atoms with Crippen LogP contribution in [0.4, 0.5) is 11.4 Å². The van der Waals surface area contributed by atoms with Gasteiger partial charge in [0.1, 0.15) is 0 Å². The molecule has 2 aliphatic heterocycles. The van der Waals surface area contributed by atoms with Gasteiger partial charge in [-0.05, 0) is 32.0 Å². The summed E-state index contributed by atoms with van der Waals surface area (Å²) in [6.07, 6.45) is 3.76. The number of benzene rings is 1. The lowest BCUT2D eigenvalue weighted by Gasteiger charge is -2.35. The second kappa shape index (κ2) is 8.53. The lowest BCUT2D eigenvalue weighted by atomic mass is 9.81. The number of nitrogens with zero attached hydrogens (tertiary/aromatic N) is 3. The fourth-order valence-electron chi connectivity index (χ4n) is 4.78.